The number of hydrogen-bond acceptors (Lipinski definition) is 4. The maximum atomic E-state index is 12.8. The van der Waals surface area contributed by atoms with Gasteiger partial charge in [0.25, 0.3) is 5.91 Å². The first kappa shape index (κ1) is 16.6. The van der Waals surface area contributed by atoms with Gasteiger partial charge in [-0.15, -0.1) is 0 Å². The van der Waals surface area contributed by atoms with Crippen molar-refractivity contribution < 1.29 is 23.5 Å². The third-order valence-electron chi connectivity index (χ3n) is 3.64. The molecular weight excluding hydrogens is 327 g/mol. The lowest BCUT2D eigenvalue weighted by atomic mass is 10.1. The van der Waals surface area contributed by atoms with Crippen molar-refractivity contribution in [1.82, 2.24) is 0 Å². The summed E-state index contributed by atoms with van der Waals surface area (Å²) in [5, 5.41) is 5.31. The molecule has 128 valence electrons. The molecule has 0 spiro atoms. The molecule has 1 aliphatic heterocycles. The van der Waals surface area contributed by atoms with E-state index in [4.69, 9.17) is 4.74 Å². The fourth-order valence-corrected chi connectivity index (χ4v) is 2.39. The predicted molar refractivity (Wildman–Crippen MR) is 89.2 cm³/mol. The lowest BCUT2D eigenvalue weighted by Gasteiger charge is -2.18. The van der Waals surface area contributed by atoms with Crippen LogP contribution in [0.1, 0.15) is 23.2 Å². The van der Waals surface area contributed by atoms with Crippen LogP contribution in [0.25, 0.3) is 0 Å². The molecule has 0 atom stereocenters. The molecule has 0 bridgehead atoms. The van der Waals surface area contributed by atoms with Crippen LogP contribution in [0.5, 0.6) is 5.75 Å². The summed E-state index contributed by atoms with van der Waals surface area (Å²) in [6.45, 7) is -0.0375. The average molecular weight is 342 g/mol. The van der Waals surface area contributed by atoms with Crippen molar-refractivity contribution in [2.24, 2.45) is 0 Å². The van der Waals surface area contributed by atoms with Gasteiger partial charge in [0.15, 0.2) is 12.4 Å². The van der Waals surface area contributed by atoms with E-state index in [0.29, 0.717) is 22.7 Å². The normalized spacial score (nSPS) is 12.6. The van der Waals surface area contributed by atoms with Gasteiger partial charge < -0.3 is 15.4 Å². The fourth-order valence-electron chi connectivity index (χ4n) is 2.39. The van der Waals surface area contributed by atoms with Crippen LogP contribution in [0.15, 0.2) is 42.5 Å². The largest absolute Gasteiger partial charge is 0.482 e. The van der Waals surface area contributed by atoms with E-state index in [9.17, 15) is 18.8 Å². The van der Waals surface area contributed by atoms with Gasteiger partial charge in [0.1, 0.15) is 11.6 Å². The lowest BCUT2D eigenvalue weighted by molar-refractivity contribution is -0.118. The van der Waals surface area contributed by atoms with Gasteiger partial charge in [0, 0.05) is 24.1 Å². The molecule has 0 saturated heterocycles. The van der Waals surface area contributed by atoms with Crippen LogP contribution in [0, 0.1) is 5.82 Å². The van der Waals surface area contributed by atoms with E-state index in [0.717, 1.165) is 0 Å². The molecule has 1 heterocycles. The fraction of sp³-hybridized carbons (Fsp3) is 0.167. The minimum atomic E-state index is -0.419. The summed E-state index contributed by atoms with van der Waals surface area (Å²) in [4.78, 5) is 35.3. The van der Waals surface area contributed by atoms with Gasteiger partial charge in [-0.1, -0.05) is 0 Å². The number of nitrogens with one attached hydrogen (secondary N) is 2. The molecule has 3 rings (SSSR count). The van der Waals surface area contributed by atoms with Crippen molar-refractivity contribution in [3.63, 3.8) is 0 Å². The quantitative estimate of drug-likeness (QED) is 0.818. The number of benzene rings is 2. The summed E-state index contributed by atoms with van der Waals surface area (Å²) in [6, 6.07) is 10.1. The molecular formula is C18H15FN2O4. The average Bonchev–Trinajstić information content (AvgIpc) is 2.60. The summed E-state index contributed by atoms with van der Waals surface area (Å²) in [6.07, 6.45) is 0.0123. The number of amides is 2. The van der Waals surface area contributed by atoms with E-state index in [1.807, 2.05) is 0 Å². The summed E-state index contributed by atoms with van der Waals surface area (Å²) in [5.74, 6) is -0.720. The monoisotopic (exact) mass is 342 g/mol. The smallest absolute Gasteiger partial charge is 0.262 e. The number of hydrogen-bond donors (Lipinski definition) is 2. The SMILES string of the molecule is O=C(CCC(=O)c1ccc(F)cc1)Nc1ccc2c(c1)NC(=O)CO2. The van der Waals surface area contributed by atoms with Crippen LogP contribution < -0.4 is 15.4 Å². The van der Waals surface area contributed by atoms with E-state index in [1.54, 1.807) is 18.2 Å². The molecule has 6 nitrogen and oxygen atoms in total. The Labute approximate surface area is 143 Å². The summed E-state index contributed by atoms with van der Waals surface area (Å²) < 4.78 is 18.1. The highest BCUT2D eigenvalue weighted by atomic mass is 19.1. The van der Waals surface area contributed by atoms with Crippen molar-refractivity contribution in [3.8, 4) is 5.75 Å². The number of rotatable bonds is 5. The maximum absolute atomic E-state index is 12.8. The highest BCUT2D eigenvalue weighted by Gasteiger charge is 2.16. The Morgan fingerprint density at radius 1 is 1.12 bits per heavy atom. The second-order valence-electron chi connectivity index (χ2n) is 5.53. The molecule has 7 heteroatoms. The molecule has 2 aromatic carbocycles. The van der Waals surface area contributed by atoms with Gasteiger partial charge in [-0.3, -0.25) is 14.4 Å². The topological polar surface area (TPSA) is 84.5 Å². The third-order valence-corrected chi connectivity index (χ3v) is 3.64. The first-order valence-electron chi connectivity index (χ1n) is 7.66. The van der Waals surface area contributed by atoms with Crippen LogP contribution in [-0.4, -0.2) is 24.2 Å². The van der Waals surface area contributed by atoms with Gasteiger partial charge in [0.05, 0.1) is 5.69 Å². The number of anilines is 2. The maximum Gasteiger partial charge on any atom is 0.262 e. The van der Waals surface area contributed by atoms with E-state index < -0.39 is 5.82 Å². The number of fused-ring (bicyclic) bond motifs is 1. The van der Waals surface area contributed by atoms with Crippen molar-refractivity contribution in [3.05, 3.63) is 53.8 Å². The van der Waals surface area contributed by atoms with Crippen LogP contribution in [-0.2, 0) is 9.59 Å². The number of ketones is 1. The van der Waals surface area contributed by atoms with Gasteiger partial charge in [-0.25, -0.2) is 4.39 Å². The lowest BCUT2D eigenvalue weighted by Crippen LogP contribution is -2.25. The molecule has 2 amide bonds. The Morgan fingerprint density at radius 2 is 1.88 bits per heavy atom. The standard InChI is InChI=1S/C18H15FN2O4/c19-12-3-1-11(2-4-12)15(22)6-8-17(23)20-13-5-7-16-14(9-13)21-18(24)10-25-16/h1-5,7,9H,6,8,10H2,(H,20,23)(H,21,24). The molecule has 1 aliphatic rings. The Balaban J connectivity index is 1.56. The van der Waals surface area contributed by atoms with Crippen molar-refractivity contribution in [2.45, 2.75) is 12.8 Å². The zero-order valence-electron chi connectivity index (χ0n) is 13.2. The second kappa shape index (κ2) is 7.12. The summed E-state index contributed by atoms with van der Waals surface area (Å²) in [7, 11) is 0. The minimum Gasteiger partial charge on any atom is -0.482 e. The predicted octanol–water partition coefficient (Wildman–Crippen LogP) is 2.76. The summed E-state index contributed by atoms with van der Waals surface area (Å²) >= 11 is 0. The molecule has 0 unspecified atom stereocenters. The Kier molecular flexibility index (Phi) is 4.74. The molecule has 0 aliphatic carbocycles. The van der Waals surface area contributed by atoms with Gasteiger partial charge in [-0.05, 0) is 42.5 Å². The zero-order chi connectivity index (χ0) is 17.8. The molecule has 0 fully saturated rings. The van der Waals surface area contributed by atoms with Crippen molar-refractivity contribution in [2.75, 3.05) is 17.2 Å². The highest BCUT2D eigenvalue weighted by Crippen LogP contribution is 2.30. The third kappa shape index (κ3) is 4.20. The molecule has 0 saturated carbocycles. The molecule has 0 aromatic heterocycles. The number of carbonyl (C=O) groups is 3. The molecule has 2 aromatic rings. The van der Waals surface area contributed by atoms with E-state index >= 15 is 0 Å². The van der Waals surface area contributed by atoms with Crippen LogP contribution in [0.2, 0.25) is 0 Å². The minimum absolute atomic E-state index is 0.00382. The van der Waals surface area contributed by atoms with E-state index in [-0.39, 0.29) is 37.0 Å². The number of halogens is 1. The first-order valence-corrected chi connectivity index (χ1v) is 7.66. The highest BCUT2D eigenvalue weighted by molar-refractivity contribution is 6.01. The molecule has 2 N–H and O–H groups in total. The van der Waals surface area contributed by atoms with Crippen molar-refractivity contribution >= 4 is 29.0 Å². The van der Waals surface area contributed by atoms with Crippen molar-refractivity contribution in [1.29, 1.82) is 0 Å². The summed E-state index contributed by atoms with van der Waals surface area (Å²) in [5.41, 5.74) is 1.34. The first-order chi connectivity index (χ1) is 12.0. The van der Waals surface area contributed by atoms with E-state index in [1.165, 1.54) is 24.3 Å². The molecule has 0 radical (unpaired) electrons. The number of carbonyl (C=O) groups excluding carboxylic acids is 3. The second-order valence-corrected chi connectivity index (χ2v) is 5.53. The Morgan fingerprint density at radius 3 is 2.64 bits per heavy atom. The number of Topliss-reactive ketones (excluding diaryl/α,β-unsaturated/α-hetero) is 1. The molecule has 25 heavy (non-hydrogen) atoms. The Hall–Kier alpha value is -3.22. The van der Waals surface area contributed by atoms with Crippen LogP contribution in [0.4, 0.5) is 15.8 Å². The zero-order valence-corrected chi connectivity index (χ0v) is 13.2. The van der Waals surface area contributed by atoms with Crippen LogP contribution in [0.3, 0.4) is 0 Å². The van der Waals surface area contributed by atoms with Gasteiger partial charge in [-0.2, -0.15) is 0 Å². The van der Waals surface area contributed by atoms with Crippen LogP contribution >= 0.6 is 0 Å². The number of ether oxygens (including phenoxy) is 1. The van der Waals surface area contributed by atoms with Gasteiger partial charge in [0.2, 0.25) is 5.91 Å². The van der Waals surface area contributed by atoms with Gasteiger partial charge >= 0.3 is 0 Å². The Bertz CT molecular complexity index is 833. The van der Waals surface area contributed by atoms with E-state index in [2.05, 4.69) is 10.6 Å².